The van der Waals surface area contributed by atoms with Crippen LogP contribution in [0.5, 0.6) is 0 Å². The van der Waals surface area contributed by atoms with Crippen molar-refractivity contribution in [1.29, 1.82) is 0 Å². The molecule has 0 bridgehead atoms. The van der Waals surface area contributed by atoms with E-state index in [0.717, 1.165) is 5.56 Å². The van der Waals surface area contributed by atoms with Crippen LogP contribution in [0.1, 0.15) is 11.6 Å². The molecule has 0 aliphatic carbocycles. The fraction of sp³-hybridized carbons (Fsp3) is 0.143. The SMILES string of the molecule is Cl.NC(CNS(=O)(=O)c1ccccc1Cl)c1ccccc1. The van der Waals surface area contributed by atoms with Gasteiger partial charge in [0.2, 0.25) is 10.0 Å². The molecule has 0 saturated carbocycles. The van der Waals surface area contributed by atoms with E-state index in [2.05, 4.69) is 4.72 Å². The van der Waals surface area contributed by atoms with Crippen molar-refractivity contribution in [3.63, 3.8) is 0 Å². The number of hydrogen-bond donors (Lipinski definition) is 2. The van der Waals surface area contributed by atoms with E-state index in [1.54, 1.807) is 12.1 Å². The molecule has 0 aromatic heterocycles. The molecule has 0 aliphatic rings. The Labute approximate surface area is 135 Å². The van der Waals surface area contributed by atoms with Crippen LogP contribution < -0.4 is 10.5 Å². The topological polar surface area (TPSA) is 72.2 Å². The van der Waals surface area contributed by atoms with Gasteiger partial charge in [-0.2, -0.15) is 0 Å². The van der Waals surface area contributed by atoms with Gasteiger partial charge < -0.3 is 5.73 Å². The van der Waals surface area contributed by atoms with Crippen molar-refractivity contribution in [2.75, 3.05) is 6.54 Å². The number of rotatable bonds is 5. The third-order valence-corrected chi connectivity index (χ3v) is 4.77. The summed E-state index contributed by atoms with van der Waals surface area (Å²) in [5.41, 5.74) is 6.83. The van der Waals surface area contributed by atoms with E-state index in [4.69, 9.17) is 17.3 Å². The second kappa shape index (κ2) is 7.77. The van der Waals surface area contributed by atoms with Gasteiger partial charge in [-0.3, -0.25) is 0 Å². The highest BCUT2D eigenvalue weighted by Crippen LogP contribution is 2.20. The molecule has 0 amide bonds. The monoisotopic (exact) mass is 346 g/mol. The summed E-state index contributed by atoms with van der Waals surface area (Å²) in [6, 6.07) is 15.2. The highest BCUT2D eigenvalue weighted by Gasteiger charge is 2.18. The molecular weight excluding hydrogens is 331 g/mol. The second-order valence-electron chi connectivity index (χ2n) is 4.30. The van der Waals surface area contributed by atoms with E-state index in [1.165, 1.54) is 12.1 Å². The Morgan fingerprint density at radius 1 is 1.05 bits per heavy atom. The summed E-state index contributed by atoms with van der Waals surface area (Å²) < 4.78 is 26.8. The zero-order chi connectivity index (χ0) is 14.6. The first-order valence-corrected chi connectivity index (χ1v) is 7.91. The molecule has 2 aromatic carbocycles. The Hall–Kier alpha value is -1.11. The molecule has 2 rings (SSSR count). The molecule has 2 aromatic rings. The summed E-state index contributed by atoms with van der Waals surface area (Å²) in [5.74, 6) is 0. The van der Waals surface area contributed by atoms with Gasteiger partial charge in [-0.15, -0.1) is 12.4 Å². The van der Waals surface area contributed by atoms with Crippen molar-refractivity contribution in [2.45, 2.75) is 10.9 Å². The molecule has 0 fully saturated rings. The first-order chi connectivity index (χ1) is 9.50. The molecule has 0 spiro atoms. The van der Waals surface area contributed by atoms with Crippen molar-refractivity contribution >= 4 is 34.0 Å². The Balaban J connectivity index is 0.00000220. The summed E-state index contributed by atoms with van der Waals surface area (Å²) in [4.78, 5) is 0.0573. The Kier molecular flexibility index (Phi) is 6.64. The summed E-state index contributed by atoms with van der Waals surface area (Å²) >= 11 is 5.89. The molecule has 0 aliphatic heterocycles. The predicted octanol–water partition coefficient (Wildman–Crippen LogP) is 2.74. The zero-order valence-electron chi connectivity index (χ0n) is 11.1. The van der Waals surface area contributed by atoms with Crippen molar-refractivity contribution in [3.8, 4) is 0 Å². The van der Waals surface area contributed by atoms with Gasteiger partial charge in [0, 0.05) is 12.6 Å². The molecular formula is C14H16Cl2N2O2S. The van der Waals surface area contributed by atoms with Crippen LogP contribution in [-0.2, 0) is 10.0 Å². The van der Waals surface area contributed by atoms with Gasteiger partial charge in [-0.25, -0.2) is 13.1 Å². The van der Waals surface area contributed by atoms with Crippen LogP contribution in [0.15, 0.2) is 59.5 Å². The zero-order valence-corrected chi connectivity index (χ0v) is 13.5. The Morgan fingerprint density at radius 3 is 2.24 bits per heavy atom. The maximum atomic E-state index is 12.1. The molecule has 3 N–H and O–H groups in total. The van der Waals surface area contributed by atoms with Gasteiger partial charge in [-0.1, -0.05) is 54.1 Å². The van der Waals surface area contributed by atoms with Crippen molar-refractivity contribution in [2.24, 2.45) is 5.73 Å². The van der Waals surface area contributed by atoms with Crippen LogP contribution in [0.3, 0.4) is 0 Å². The lowest BCUT2D eigenvalue weighted by atomic mass is 10.1. The molecule has 21 heavy (non-hydrogen) atoms. The lowest BCUT2D eigenvalue weighted by molar-refractivity contribution is 0.572. The van der Waals surface area contributed by atoms with E-state index in [0.29, 0.717) is 0 Å². The minimum atomic E-state index is -3.66. The summed E-state index contributed by atoms with van der Waals surface area (Å²) in [6.45, 7) is 0.109. The predicted molar refractivity (Wildman–Crippen MR) is 87.3 cm³/mol. The fourth-order valence-corrected chi connectivity index (χ4v) is 3.34. The summed E-state index contributed by atoms with van der Waals surface area (Å²) in [5, 5.41) is 0.188. The minimum absolute atomic E-state index is 0. The van der Waals surface area contributed by atoms with Gasteiger partial charge in [0.05, 0.1) is 5.02 Å². The molecule has 1 unspecified atom stereocenters. The van der Waals surface area contributed by atoms with Crippen LogP contribution in [0.25, 0.3) is 0 Å². The molecule has 0 saturated heterocycles. The number of benzene rings is 2. The van der Waals surface area contributed by atoms with E-state index in [9.17, 15) is 8.42 Å². The van der Waals surface area contributed by atoms with Crippen molar-refractivity contribution < 1.29 is 8.42 Å². The van der Waals surface area contributed by atoms with Gasteiger partial charge in [0.15, 0.2) is 0 Å². The molecule has 0 heterocycles. The molecule has 7 heteroatoms. The van der Waals surface area contributed by atoms with E-state index in [1.807, 2.05) is 30.3 Å². The van der Waals surface area contributed by atoms with E-state index < -0.39 is 16.1 Å². The Morgan fingerprint density at radius 2 is 1.62 bits per heavy atom. The number of halogens is 2. The second-order valence-corrected chi connectivity index (χ2v) is 6.44. The summed E-state index contributed by atoms with van der Waals surface area (Å²) in [7, 11) is -3.66. The van der Waals surface area contributed by atoms with E-state index in [-0.39, 0.29) is 28.9 Å². The maximum Gasteiger partial charge on any atom is 0.242 e. The number of hydrogen-bond acceptors (Lipinski definition) is 3. The molecule has 4 nitrogen and oxygen atoms in total. The quantitative estimate of drug-likeness (QED) is 0.874. The average Bonchev–Trinajstić information content (AvgIpc) is 2.46. The number of sulfonamides is 1. The number of nitrogens with two attached hydrogens (primary N) is 1. The highest BCUT2D eigenvalue weighted by atomic mass is 35.5. The average molecular weight is 347 g/mol. The third kappa shape index (κ3) is 4.69. The largest absolute Gasteiger partial charge is 0.323 e. The first-order valence-electron chi connectivity index (χ1n) is 6.05. The van der Waals surface area contributed by atoms with Crippen LogP contribution in [0.4, 0.5) is 0 Å². The lowest BCUT2D eigenvalue weighted by Crippen LogP contribution is -2.32. The van der Waals surface area contributed by atoms with Gasteiger partial charge in [0.1, 0.15) is 4.90 Å². The lowest BCUT2D eigenvalue weighted by Gasteiger charge is -2.14. The van der Waals surface area contributed by atoms with E-state index >= 15 is 0 Å². The number of nitrogens with one attached hydrogen (secondary N) is 1. The molecule has 114 valence electrons. The standard InChI is InChI=1S/C14H15ClN2O2S.ClH/c15-12-8-4-5-9-14(12)20(18,19)17-10-13(16)11-6-2-1-3-7-11;/h1-9,13,17H,10,16H2;1H. The van der Waals surface area contributed by atoms with Gasteiger partial charge in [0.25, 0.3) is 0 Å². The third-order valence-electron chi connectivity index (χ3n) is 2.85. The van der Waals surface area contributed by atoms with Crippen LogP contribution in [-0.4, -0.2) is 15.0 Å². The molecule has 1 atom stereocenters. The first kappa shape index (κ1) is 17.9. The van der Waals surface area contributed by atoms with Crippen LogP contribution in [0, 0.1) is 0 Å². The van der Waals surface area contributed by atoms with Crippen molar-refractivity contribution in [1.82, 2.24) is 4.72 Å². The van der Waals surface area contributed by atoms with Crippen molar-refractivity contribution in [3.05, 3.63) is 65.2 Å². The fourth-order valence-electron chi connectivity index (χ4n) is 1.76. The highest BCUT2D eigenvalue weighted by molar-refractivity contribution is 7.89. The van der Waals surface area contributed by atoms with Gasteiger partial charge in [-0.05, 0) is 17.7 Å². The molecule has 0 radical (unpaired) electrons. The van der Waals surface area contributed by atoms with Gasteiger partial charge >= 0.3 is 0 Å². The Bertz CT molecular complexity index is 678. The van der Waals surface area contributed by atoms with Crippen LogP contribution in [0.2, 0.25) is 5.02 Å². The minimum Gasteiger partial charge on any atom is -0.323 e. The summed E-state index contributed by atoms with van der Waals surface area (Å²) in [6.07, 6.45) is 0. The van der Waals surface area contributed by atoms with Crippen LogP contribution >= 0.6 is 24.0 Å². The normalized spacial score (nSPS) is 12.5. The maximum absolute atomic E-state index is 12.1. The smallest absolute Gasteiger partial charge is 0.242 e.